The quantitative estimate of drug-likeness (QED) is 0.337. The molecule has 0 unspecified atom stereocenters. The molecule has 0 aliphatic heterocycles. The van der Waals surface area contributed by atoms with Crippen molar-refractivity contribution in [2.24, 2.45) is 5.41 Å². The fourth-order valence-electron chi connectivity index (χ4n) is 4.57. The van der Waals surface area contributed by atoms with E-state index in [0.717, 1.165) is 6.42 Å². The molecule has 37 heavy (non-hydrogen) atoms. The summed E-state index contributed by atoms with van der Waals surface area (Å²) < 4.78 is 0. The van der Waals surface area contributed by atoms with E-state index in [2.05, 4.69) is 94.4 Å². The molecule has 0 aromatic rings. The Hall–Kier alpha value is 0.846. The van der Waals surface area contributed by atoms with Gasteiger partial charge < -0.3 is 24.8 Å². The van der Waals surface area contributed by atoms with Gasteiger partial charge in [0, 0.05) is 0 Å². The van der Waals surface area contributed by atoms with Crippen LogP contribution in [0, 0.1) is 17.6 Å². The van der Waals surface area contributed by atoms with Crippen molar-refractivity contribution in [1.82, 2.24) is 0 Å². The van der Waals surface area contributed by atoms with Crippen LogP contribution in [-0.4, -0.2) is 0 Å². The van der Waals surface area contributed by atoms with Crippen molar-refractivity contribution in [1.29, 1.82) is 0 Å². The predicted octanol–water partition coefficient (Wildman–Crippen LogP) is 4.90. The molecule has 0 nitrogen and oxygen atoms in total. The van der Waals surface area contributed by atoms with Crippen LogP contribution >= 0.6 is 17.0 Å². The SMILES string of the molecule is CC1=C(C)C(C)=C(C2=C(C)C(C)=C(C)C2)C1.CC1=[C-]C(C)(C)C(C)=C1C.[C-]1=CC=CC1.[Cl-].[Cl-].[Cl][Zr][Cl].[Zr+3]. The van der Waals surface area contributed by atoms with Gasteiger partial charge in [0.25, 0.3) is 0 Å². The van der Waals surface area contributed by atoms with Crippen LogP contribution in [0.15, 0.2) is 79.5 Å². The number of hydrogen-bond donors (Lipinski definition) is 0. The molecule has 6 heteroatoms. The molecule has 0 amide bonds. The van der Waals surface area contributed by atoms with E-state index in [1.165, 1.54) is 51.9 Å². The number of allylic oxidation sites excluding steroid dienone is 16. The molecule has 0 aromatic heterocycles. The van der Waals surface area contributed by atoms with Crippen molar-refractivity contribution in [2.45, 2.75) is 95.4 Å². The summed E-state index contributed by atoms with van der Waals surface area (Å²) in [5, 5.41) is 0. The Morgan fingerprint density at radius 2 is 1.14 bits per heavy atom. The first-order valence-corrected chi connectivity index (χ1v) is 18.3. The molecule has 0 N–H and O–H groups in total. The number of hydrogen-bond acceptors (Lipinski definition) is 0. The summed E-state index contributed by atoms with van der Waals surface area (Å²) in [7, 11) is 9.87. The second-order valence-corrected chi connectivity index (χ2v) is 13.8. The van der Waals surface area contributed by atoms with Crippen molar-refractivity contribution in [3.63, 3.8) is 0 Å². The topological polar surface area (TPSA) is 0 Å². The molecular formula is C31H42Cl4Zr2-. The first-order valence-electron chi connectivity index (χ1n) is 12.0. The van der Waals surface area contributed by atoms with E-state index in [1.54, 1.807) is 22.3 Å². The van der Waals surface area contributed by atoms with Crippen LogP contribution < -0.4 is 24.8 Å². The molecule has 1 radical (unpaired) electrons. The summed E-state index contributed by atoms with van der Waals surface area (Å²) in [6.45, 7) is 24.5. The fraction of sp³-hybridized carbons (Fsp3) is 0.484. The van der Waals surface area contributed by atoms with Crippen molar-refractivity contribution in [3.8, 4) is 0 Å². The fourth-order valence-corrected chi connectivity index (χ4v) is 4.57. The number of halogens is 4. The van der Waals surface area contributed by atoms with Crippen LogP contribution in [0.2, 0.25) is 0 Å². The Balaban J connectivity index is -0.000000474. The summed E-state index contributed by atoms with van der Waals surface area (Å²) in [6.07, 6.45) is 15.8. The smallest absolute Gasteiger partial charge is 3.00 e. The van der Waals surface area contributed by atoms with E-state index >= 15 is 0 Å². The van der Waals surface area contributed by atoms with Crippen molar-refractivity contribution in [3.05, 3.63) is 91.7 Å². The van der Waals surface area contributed by atoms with Gasteiger partial charge in [0.1, 0.15) is 0 Å². The van der Waals surface area contributed by atoms with Gasteiger partial charge in [-0.25, -0.2) is 17.7 Å². The molecule has 0 atom stereocenters. The zero-order valence-corrected chi connectivity index (χ0v) is 32.3. The molecule has 4 rings (SSSR count). The van der Waals surface area contributed by atoms with Gasteiger partial charge in [-0.1, -0.05) is 44.3 Å². The third kappa shape index (κ3) is 12.1. The maximum Gasteiger partial charge on any atom is 3.00 e. The van der Waals surface area contributed by atoms with E-state index in [1.807, 2.05) is 12.2 Å². The molecule has 0 aromatic carbocycles. The summed E-state index contributed by atoms with van der Waals surface area (Å²) >= 11 is -0.826. The van der Waals surface area contributed by atoms with Gasteiger partial charge in [-0.15, -0.1) is 13.3 Å². The van der Waals surface area contributed by atoms with Crippen LogP contribution in [-0.2, 0) is 47.1 Å². The van der Waals surface area contributed by atoms with Gasteiger partial charge in [0.15, 0.2) is 0 Å². The van der Waals surface area contributed by atoms with Gasteiger partial charge in [-0.05, 0) is 87.8 Å². The minimum atomic E-state index is -0.826. The molecule has 0 heterocycles. The molecular weight excluding hydrogens is 697 g/mol. The summed E-state index contributed by atoms with van der Waals surface area (Å²) in [5.41, 5.74) is 16.8. The van der Waals surface area contributed by atoms with Gasteiger partial charge in [0.2, 0.25) is 0 Å². The molecule has 0 saturated heterocycles. The predicted molar refractivity (Wildman–Crippen MR) is 149 cm³/mol. The van der Waals surface area contributed by atoms with Crippen molar-refractivity contribution >= 4 is 17.0 Å². The van der Waals surface area contributed by atoms with Crippen LogP contribution in [0.1, 0.15) is 95.4 Å². The monoisotopic (exact) mass is 734 g/mol. The maximum atomic E-state index is 4.93. The third-order valence-electron chi connectivity index (χ3n) is 7.71. The Morgan fingerprint density at radius 3 is 1.27 bits per heavy atom. The molecule has 0 spiro atoms. The Morgan fingerprint density at radius 1 is 0.730 bits per heavy atom. The first-order chi connectivity index (χ1) is 15.8. The van der Waals surface area contributed by atoms with Gasteiger partial charge in [-0.2, -0.15) is 17.2 Å². The van der Waals surface area contributed by atoms with E-state index in [0.29, 0.717) is 0 Å². The molecule has 4 aliphatic rings. The minimum Gasteiger partial charge on any atom is 3.00 e. The van der Waals surface area contributed by atoms with E-state index in [9.17, 15) is 0 Å². The second kappa shape index (κ2) is 19.8. The maximum absolute atomic E-state index is 4.93. The van der Waals surface area contributed by atoms with Crippen LogP contribution in [0.4, 0.5) is 0 Å². The number of rotatable bonds is 1. The Bertz CT molecular complexity index is 973. The minimum absolute atomic E-state index is 0. The average Bonchev–Trinajstić information content (AvgIpc) is 3.53. The average molecular weight is 739 g/mol. The van der Waals surface area contributed by atoms with Gasteiger partial charge in [-0.3, -0.25) is 12.2 Å². The largest absolute Gasteiger partial charge is 3.00 e. The van der Waals surface area contributed by atoms with E-state index < -0.39 is 20.8 Å². The summed E-state index contributed by atoms with van der Waals surface area (Å²) in [6, 6.07) is 0. The molecule has 0 bridgehead atoms. The standard InChI is InChI=1S/C16H22.C10H15.C5H5.4ClH.2Zr/c1-9-7-15(13(5)11(9)3)16-8-10(2)12(4)14(16)6;1-7-6-10(4,5)9(3)8(7)2;1-2-4-5-3-1;;;;;;/h7-8H2,1-6H3;1-5H3;1-3H,4H2;4*1H;;/q;2*-1;;;;;+2;+3/p-4. The molecule has 4 aliphatic carbocycles. The van der Waals surface area contributed by atoms with Crippen molar-refractivity contribution in [2.75, 3.05) is 0 Å². The van der Waals surface area contributed by atoms with Gasteiger partial charge in [0.05, 0.1) is 0 Å². The summed E-state index contributed by atoms with van der Waals surface area (Å²) in [4.78, 5) is 0. The second-order valence-electron chi connectivity index (χ2n) is 10.1. The Kier molecular flexibility index (Phi) is 22.7. The zero-order valence-electron chi connectivity index (χ0n) is 24.4. The van der Waals surface area contributed by atoms with Crippen LogP contribution in [0.3, 0.4) is 0 Å². The molecule has 203 valence electrons. The summed E-state index contributed by atoms with van der Waals surface area (Å²) in [5.74, 6) is 0. The van der Waals surface area contributed by atoms with Crippen LogP contribution in [0.25, 0.3) is 0 Å². The zero-order chi connectivity index (χ0) is 26.2. The van der Waals surface area contributed by atoms with E-state index in [-0.39, 0.29) is 56.4 Å². The normalized spacial score (nSPS) is 18.7. The first kappa shape index (κ1) is 42.3. The Labute approximate surface area is 278 Å². The molecule has 0 saturated carbocycles. The third-order valence-corrected chi connectivity index (χ3v) is 7.71. The van der Waals surface area contributed by atoms with Crippen molar-refractivity contribution < 1.29 is 71.9 Å². The van der Waals surface area contributed by atoms with Gasteiger partial charge >= 0.3 is 64.1 Å². The van der Waals surface area contributed by atoms with E-state index in [4.69, 9.17) is 17.0 Å². The molecule has 0 fully saturated rings. The van der Waals surface area contributed by atoms with Crippen LogP contribution in [0.5, 0.6) is 0 Å².